The number of nitrogen functional groups attached to an aromatic ring is 1. The zero-order chi connectivity index (χ0) is 15.6. The van der Waals surface area contributed by atoms with Crippen molar-refractivity contribution >= 4 is 17.6 Å². The number of pyridine rings is 1. The summed E-state index contributed by atoms with van der Waals surface area (Å²) in [5.74, 6) is -0.0931. The van der Waals surface area contributed by atoms with E-state index in [9.17, 15) is 13.2 Å². The lowest BCUT2D eigenvalue weighted by molar-refractivity contribution is -0.137. The molecule has 3 nitrogen and oxygen atoms in total. The van der Waals surface area contributed by atoms with E-state index < -0.39 is 11.7 Å². The van der Waals surface area contributed by atoms with E-state index in [1.54, 1.807) is 6.07 Å². The maximum absolute atomic E-state index is 12.5. The van der Waals surface area contributed by atoms with Gasteiger partial charge in [-0.15, -0.1) is 0 Å². The summed E-state index contributed by atoms with van der Waals surface area (Å²) in [5.41, 5.74) is 6.21. The van der Waals surface area contributed by atoms with Crippen molar-refractivity contribution in [2.24, 2.45) is 5.73 Å². The molecule has 1 aromatic heterocycles. The SMILES string of the molecule is Cc1ccc(C(=N)N)c(Sc2ccc(C(F)(F)F)cn2)c1. The average Bonchev–Trinajstić information content (AvgIpc) is 2.38. The molecule has 0 amide bonds. The molecular weight excluding hydrogens is 299 g/mol. The summed E-state index contributed by atoms with van der Waals surface area (Å²) in [4.78, 5) is 4.49. The molecule has 0 saturated heterocycles. The Morgan fingerprint density at radius 3 is 2.48 bits per heavy atom. The Labute approximate surface area is 123 Å². The molecule has 0 bridgehead atoms. The number of rotatable bonds is 3. The molecule has 0 saturated carbocycles. The number of benzene rings is 1. The number of amidine groups is 1. The standard InChI is InChI=1S/C14H12F3N3S/c1-8-2-4-10(13(18)19)11(6-8)21-12-5-3-9(7-20-12)14(15,16)17/h2-7H,1H3,(H3,18,19). The van der Waals surface area contributed by atoms with Gasteiger partial charge in [0.25, 0.3) is 0 Å². The highest BCUT2D eigenvalue weighted by Gasteiger charge is 2.30. The first-order valence-corrected chi connectivity index (χ1v) is 6.75. The summed E-state index contributed by atoms with van der Waals surface area (Å²) >= 11 is 1.18. The van der Waals surface area contributed by atoms with Gasteiger partial charge >= 0.3 is 6.18 Å². The number of aromatic nitrogens is 1. The topological polar surface area (TPSA) is 62.8 Å². The van der Waals surface area contributed by atoms with Gasteiger partial charge in [-0.3, -0.25) is 5.41 Å². The number of nitrogens with zero attached hydrogens (tertiary/aromatic N) is 1. The third-order valence-corrected chi connectivity index (χ3v) is 3.71. The summed E-state index contributed by atoms with van der Waals surface area (Å²) in [5, 5.41) is 7.94. The summed E-state index contributed by atoms with van der Waals surface area (Å²) < 4.78 is 37.4. The highest BCUT2D eigenvalue weighted by Crippen LogP contribution is 2.33. The molecule has 0 aliphatic carbocycles. The second-order valence-electron chi connectivity index (χ2n) is 4.40. The van der Waals surface area contributed by atoms with Crippen LogP contribution in [0.4, 0.5) is 13.2 Å². The van der Waals surface area contributed by atoms with Crippen LogP contribution in [0.5, 0.6) is 0 Å². The normalized spacial score (nSPS) is 11.4. The molecule has 1 aromatic carbocycles. The molecule has 0 unspecified atom stereocenters. The van der Waals surface area contributed by atoms with Crippen LogP contribution in [0.2, 0.25) is 0 Å². The van der Waals surface area contributed by atoms with E-state index in [4.69, 9.17) is 11.1 Å². The minimum absolute atomic E-state index is 0.0931. The average molecular weight is 311 g/mol. The quantitative estimate of drug-likeness (QED) is 0.668. The van der Waals surface area contributed by atoms with Gasteiger partial charge in [0.15, 0.2) is 0 Å². The van der Waals surface area contributed by atoms with Gasteiger partial charge in [-0.2, -0.15) is 13.2 Å². The van der Waals surface area contributed by atoms with Crippen LogP contribution in [0.15, 0.2) is 46.5 Å². The van der Waals surface area contributed by atoms with Crippen LogP contribution in [-0.4, -0.2) is 10.8 Å². The first kappa shape index (κ1) is 15.4. The fourth-order valence-corrected chi connectivity index (χ4v) is 2.66. The fourth-order valence-electron chi connectivity index (χ4n) is 1.66. The molecule has 7 heteroatoms. The van der Waals surface area contributed by atoms with E-state index in [0.29, 0.717) is 15.5 Å². The number of aryl methyl sites for hydroxylation is 1. The fraction of sp³-hybridized carbons (Fsp3) is 0.143. The molecule has 21 heavy (non-hydrogen) atoms. The minimum atomic E-state index is -4.40. The molecule has 1 heterocycles. The van der Waals surface area contributed by atoms with Gasteiger partial charge in [0.1, 0.15) is 10.9 Å². The smallest absolute Gasteiger partial charge is 0.384 e. The third-order valence-electron chi connectivity index (χ3n) is 2.71. The van der Waals surface area contributed by atoms with Gasteiger partial charge in [-0.05, 0) is 36.8 Å². The Morgan fingerprint density at radius 2 is 1.95 bits per heavy atom. The number of nitrogens with two attached hydrogens (primary N) is 1. The highest BCUT2D eigenvalue weighted by molar-refractivity contribution is 7.99. The van der Waals surface area contributed by atoms with Crippen molar-refractivity contribution < 1.29 is 13.2 Å². The van der Waals surface area contributed by atoms with Gasteiger partial charge in [-0.1, -0.05) is 17.8 Å². The van der Waals surface area contributed by atoms with E-state index in [1.807, 2.05) is 19.1 Å². The van der Waals surface area contributed by atoms with Crippen molar-refractivity contribution in [3.05, 3.63) is 53.2 Å². The number of alkyl halides is 3. The molecule has 2 rings (SSSR count). The third kappa shape index (κ3) is 3.75. The molecule has 0 aliphatic rings. The predicted molar refractivity (Wildman–Crippen MR) is 75.6 cm³/mol. The monoisotopic (exact) mass is 311 g/mol. The Balaban J connectivity index is 2.30. The van der Waals surface area contributed by atoms with Gasteiger partial charge in [0.05, 0.1) is 5.56 Å². The molecule has 3 N–H and O–H groups in total. The van der Waals surface area contributed by atoms with E-state index >= 15 is 0 Å². The second kappa shape index (κ2) is 5.77. The van der Waals surface area contributed by atoms with Crippen molar-refractivity contribution in [3.8, 4) is 0 Å². The van der Waals surface area contributed by atoms with Crippen molar-refractivity contribution in [3.63, 3.8) is 0 Å². The largest absolute Gasteiger partial charge is 0.417 e. The Kier molecular flexibility index (Phi) is 4.22. The Morgan fingerprint density at radius 1 is 1.24 bits per heavy atom. The lowest BCUT2D eigenvalue weighted by Gasteiger charge is -2.10. The second-order valence-corrected chi connectivity index (χ2v) is 5.46. The van der Waals surface area contributed by atoms with E-state index in [2.05, 4.69) is 4.98 Å². The van der Waals surface area contributed by atoms with Crippen LogP contribution in [0.3, 0.4) is 0 Å². The number of halogens is 3. The van der Waals surface area contributed by atoms with Crippen molar-refractivity contribution in [2.45, 2.75) is 23.0 Å². The maximum atomic E-state index is 12.5. The van der Waals surface area contributed by atoms with Crippen molar-refractivity contribution in [1.82, 2.24) is 4.98 Å². The molecule has 110 valence electrons. The van der Waals surface area contributed by atoms with E-state index in [0.717, 1.165) is 17.8 Å². The van der Waals surface area contributed by atoms with Crippen molar-refractivity contribution in [1.29, 1.82) is 5.41 Å². The molecule has 0 spiro atoms. The summed E-state index contributed by atoms with van der Waals surface area (Å²) in [6.45, 7) is 1.88. The number of hydrogen-bond donors (Lipinski definition) is 2. The van der Waals surface area contributed by atoms with Crippen LogP contribution in [0.25, 0.3) is 0 Å². The Hall–Kier alpha value is -2.02. The first-order chi connectivity index (χ1) is 9.77. The van der Waals surface area contributed by atoms with E-state index in [1.165, 1.54) is 17.8 Å². The number of nitrogens with one attached hydrogen (secondary N) is 1. The van der Waals surface area contributed by atoms with E-state index in [-0.39, 0.29) is 5.84 Å². The Bertz CT molecular complexity index is 666. The molecular formula is C14H12F3N3S. The van der Waals surface area contributed by atoms with Crippen LogP contribution < -0.4 is 5.73 Å². The molecule has 0 radical (unpaired) electrons. The summed E-state index contributed by atoms with van der Waals surface area (Å²) in [7, 11) is 0. The van der Waals surface area contributed by atoms with Gasteiger partial charge in [0, 0.05) is 16.7 Å². The minimum Gasteiger partial charge on any atom is -0.384 e. The predicted octanol–water partition coefficient (Wildman–Crippen LogP) is 3.84. The summed E-state index contributed by atoms with van der Waals surface area (Å²) in [6, 6.07) is 7.64. The van der Waals surface area contributed by atoms with Crippen LogP contribution in [0.1, 0.15) is 16.7 Å². The molecule has 2 aromatic rings. The first-order valence-electron chi connectivity index (χ1n) is 5.93. The van der Waals surface area contributed by atoms with Crippen LogP contribution in [0, 0.1) is 12.3 Å². The lowest BCUT2D eigenvalue weighted by Crippen LogP contribution is -2.12. The van der Waals surface area contributed by atoms with Gasteiger partial charge < -0.3 is 5.73 Å². The molecule has 0 aliphatic heterocycles. The lowest BCUT2D eigenvalue weighted by atomic mass is 10.1. The van der Waals surface area contributed by atoms with Crippen LogP contribution >= 0.6 is 11.8 Å². The van der Waals surface area contributed by atoms with Crippen LogP contribution in [-0.2, 0) is 6.18 Å². The van der Waals surface area contributed by atoms with Gasteiger partial charge in [0.2, 0.25) is 0 Å². The molecule has 0 fully saturated rings. The highest BCUT2D eigenvalue weighted by atomic mass is 32.2. The van der Waals surface area contributed by atoms with Crippen molar-refractivity contribution in [2.75, 3.05) is 0 Å². The maximum Gasteiger partial charge on any atom is 0.417 e. The summed E-state index contributed by atoms with van der Waals surface area (Å²) in [6.07, 6.45) is -3.60. The zero-order valence-corrected chi connectivity index (χ0v) is 11.8. The zero-order valence-electron chi connectivity index (χ0n) is 11.0. The molecule has 0 atom stereocenters. The van der Waals surface area contributed by atoms with Gasteiger partial charge in [-0.25, -0.2) is 4.98 Å². The number of hydrogen-bond acceptors (Lipinski definition) is 3.